The van der Waals surface area contributed by atoms with Crippen LogP contribution in [-0.2, 0) is 47.5 Å². The zero-order chi connectivity index (χ0) is 35.1. The second kappa shape index (κ2) is 15.9. The van der Waals surface area contributed by atoms with Crippen LogP contribution in [0.2, 0.25) is 0 Å². The lowest BCUT2D eigenvalue weighted by atomic mass is 9.97. The molecule has 17 heteroatoms. The van der Waals surface area contributed by atoms with Crippen LogP contribution in [0.15, 0.2) is 54.6 Å². The van der Waals surface area contributed by atoms with E-state index in [9.17, 15) is 39.5 Å². The Kier molecular flexibility index (Phi) is 12.0. The van der Waals surface area contributed by atoms with Gasteiger partial charge in [-0.2, -0.15) is 0 Å². The van der Waals surface area contributed by atoms with E-state index in [4.69, 9.17) is 37.9 Å². The number of benzene rings is 2. The van der Waals surface area contributed by atoms with E-state index in [2.05, 4.69) is 0 Å². The van der Waals surface area contributed by atoms with Crippen LogP contribution in [-0.4, -0.2) is 107 Å². The van der Waals surface area contributed by atoms with Gasteiger partial charge in [-0.15, -0.1) is 0 Å². The zero-order valence-electron chi connectivity index (χ0n) is 26.2. The first-order valence-electron chi connectivity index (χ1n) is 14.7. The van der Waals surface area contributed by atoms with E-state index in [0.29, 0.717) is 0 Å². The largest absolute Gasteiger partial charge is 0.462 e. The highest BCUT2D eigenvalue weighted by molar-refractivity contribution is 5.89. The van der Waals surface area contributed by atoms with E-state index < -0.39 is 96.8 Å². The molecule has 10 atom stereocenters. The predicted octanol–water partition coefficient (Wildman–Crippen LogP) is 1.20. The summed E-state index contributed by atoms with van der Waals surface area (Å²) in [4.78, 5) is 59.1. The number of nitro benzene ring substituents is 1. The first-order valence-corrected chi connectivity index (χ1v) is 14.7. The number of carbonyl (C=O) groups excluding carboxylic acids is 4. The van der Waals surface area contributed by atoms with Gasteiger partial charge in [-0.25, -0.2) is 4.79 Å². The van der Waals surface area contributed by atoms with Crippen molar-refractivity contribution in [1.82, 2.24) is 0 Å². The normalized spacial score (nSPS) is 30.0. The summed E-state index contributed by atoms with van der Waals surface area (Å²) in [7, 11) is 0. The molecule has 4 rings (SSSR count). The van der Waals surface area contributed by atoms with E-state index in [0.717, 1.165) is 32.9 Å². The van der Waals surface area contributed by atoms with Gasteiger partial charge in [0, 0.05) is 32.9 Å². The van der Waals surface area contributed by atoms with Crippen LogP contribution >= 0.6 is 0 Å². The summed E-state index contributed by atoms with van der Waals surface area (Å²) in [6, 6.07) is 12.8. The monoisotopic (exact) mass is 677 g/mol. The number of hydrogen-bond acceptors (Lipinski definition) is 16. The van der Waals surface area contributed by atoms with Gasteiger partial charge < -0.3 is 48.1 Å². The molecular weight excluding hydrogens is 642 g/mol. The van der Waals surface area contributed by atoms with Gasteiger partial charge in [0.05, 0.1) is 16.6 Å². The molecule has 2 heterocycles. The van der Waals surface area contributed by atoms with Crippen molar-refractivity contribution in [3.8, 4) is 5.75 Å². The quantitative estimate of drug-likeness (QED) is 0.147. The lowest BCUT2D eigenvalue weighted by molar-refractivity contribution is -0.384. The molecule has 17 nitrogen and oxygen atoms in total. The highest BCUT2D eigenvalue weighted by atomic mass is 16.8. The molecule has 2 aliphatic heterocycles. The Morgan fingerprint density at radius 2 is 1.35 bits per heavy atom. The average Bonchev–Trinajstić information content (AvgIpc) is 3.03. The maximum atomic E-state index is 12.6. The van der Waals surface area contributed by atoms with Gasteiger partial charge in [-0.05, 0) is 31.2 Å². The van der Waals surface area contributed by atoms with Gasteiger partial charge in [0.2, 0.25) is 6.29 Å². The van der Waals surface area contributed by atoms with Gasteiger partial charge in [-0.1, -0.05) is 18.2 Å². The van der Waals surface area contributed by atoms with Crippen molar-refractivity contribution in [2.75, 3.05) is 6.61 Å². The van der Waals surface area contributed by atoms with Crippen molar-refractivity contribution in [3.05, 3.63) is 70.3 Å². The number of nitrogens with zero attached hydrogens (tertiary/aromatic N) is 1. The molecule has 0 aromatic heterocycles. The summed E-state index contributed by atoms with van der Waals surface area (Å²) in [6.07, 6.45) is -15.1. The Hall–Kier alpha value is -4.68. The van der Waals surface area contributed by atoms with E-state index in [1.807, 2.05) is 0 Å². The minimum absolute atomic E-state index is 0.0185. The summed E-state index contributed by atoms with van der Waals surface area (Å²) in [5, 5.41) is 33.5. The summed E-state index contributed by atoms with van der Waals surface area (Å²) in [6.45, 7) is 4.19. The molecule has 0 amide bonds. The minimum Gasteiger partial charge on any atom is -0.462 e. The fraction of sp³-hybridized carbons (Fsp3) is 0.484. The number of carbonyl (C=O) groups is 4. The zero-order valence-corrected chi connectivity index (χ0v) is 26.2. The number of aliphatic hydroxyl groups is 2. The number of rotatable bonds is 11. The number of nitro groups is 1. The van der Waals surface area contributed by atoms with E-state index in [-0.39, 0.29) is 17.0 Å². The molecule has 10 unspecified atom stereocenters. The Morgan fingerprint density at radius 1 is 0.771 bits per heavy atom. The third-order valence-corrected chi connectivity index (χ3v) is 7.26. The van der Waals surface area contributed by atoms with Crippen molar-refractivity contribution < 1.29 is 72.2 Å². The van der Waals surface area contributed by atoms with Gasteiger partial charge in [0.1, 0.15) is 30.7 Å². The van der Waals surface area contributed by atoms with Crippen LogP contribution in [0.5, 0.6) is 5.75 Å². The SMILES string of the molecule is CC(=O)OC1C(C)OC(OC2C(Oc3ccc([N+](=O)[O-])cc3)OC(COC(=O)c3ccccc3)C(O)C2O)C(OC(C)=O)C1OC(C)=O. The van der Waals surface area contributed by atoms with Gasteiger partial charge in [0.15, 0.2) is 30.7 Å². The van der Waals surface area contributed by atoms with Crippen LogP contribution in [0.1, 0.15) is 38.1 Å². The third kappa shape index (κ3) is 9.02. The minimum atomic E-state index is -1.84. The fourth-order valence-electron chi connectivity index (χ4n) is 5.11. The Bertz CT molecular complexity index is 1450. The van der Waals surface area contributed by atoms with Crippen LogP contribution in [0.4, 0.5) is 5.69 Å². The second-order valence-corrected chi connectivity index (χ2v) is 10.9. The molecular formula is C31H35NO16. The smallest absolute Gasteiger partial charge is 0.338 e. The Morgan fingerprint density at radius 3 is 1.94 bits per heavy atom. The molecule has 2 aromatic carbocycles. The predicted molar refractivity (Wildman–Crippen MR) is 157 cm³/mol. The third-order valence-electron chi connectivity index (χ3n) is 7.26. The number of hydrogen-bond donors (Lipinski definition) is 2. The summed E-state index contributed by atoms with van der Waals surface area (Å²) < 4.78 is 45.1. The highest BCUT2D eigenvalue weighted by Crippen LogP contribution is 2.34. The average molecular weight is 678 g/mol. The maximum absolute atomic E-state index is 12.6. The first-order chi connectivity index (χ1) is 22.7. The maximum Gasteiger partial charge on any atom is 0.338 e. The molecule has 0 aliphatic carbocycles. The number of aliphatic hydroxyl groups excluding tert-OH is 2. The summed E-state index contributed by atoms with van der Waals surface area (Å²) in [5.74, 6) is -3.14. The number of esters is 4. The summed E-state index contributed by atoms with van der Waals surface area (Å²) in [5.41, 5.74) is -0.0220. The van der Waals surface area contributed by atoms with Crippen molar-refractivity contribution in [3.63, 3.8) is 0 Å². The molecule has 2 N–H and O–H groups in total. The lowest BCUT2D eigenvalue weighted by Crippen LogP contribution is -2.66. The summed E-state index contributed by atoms with van der Waals surface area (Å²) >= 11 is 0. The molecule has 260 valence electrons. The van der Waals surface area contributed by atoms with Gasteiger partial charge >= 0.3 is 23.9 Å². The first kappa shape index (κ1) is 36.2. The van der Waals surface area contributed by atoms with Crippen molar-refractivity contribution in [2.45, 2.75) is 89.1 Å². The fourth-order valence-corrected chi connectivity index (χ4v) is 5.11. The molecule has 0 bridgehead atoms. The van der Waals surface area contributed by atoms with Gasteiger partial charge in [-0.3, -0.25) is 24.5 Å². The van der Waals surface area contributed by atoms with E-state index in [1.165, 1.54) is 31.2 Å². The Balaban J connectivity index is 1.63. The van der Waals surface area contributed by atoms with Crippen molar-refractivity contribution in [1.29, 1.82) is 0 Å². The lowest BCUT2D eigenvalue weighted by Gasteiger charge is -2.47. The second-order valence-electron chi connectivity index (χ2n) is 10.9. The van der Waals surface area contributed by atoms with E-state index >= 15 is 0 Å². The number of non-ortho nitro benzene ring substituents is 1. The molecule has 2 aliphatic rings. The molecule has 2 aromatic rings. The van der Waals surface area contributed by atoms with Crippen LogP contribution in [0.3, 0.4) is 0 Å². The van der Waals surface area contributed by atoms with Crippen molar-refractivity contribution >= 4 is 29.6 Å². The van der Waals surface area contributed by atoms with Crippen LogP contribution in [0, 0.1) is 10.1 Å². The molecule has 0 spiro atoms. The number of ether oxygens (including phenoxy) is 8. The highest BCUT2D eigenvalue weighted by Gasteiger charge is 2.55. The molecule has 0 radical (unpaired) electrons. The standard InChI is InChI=1S/C31H35NO16/c1-15-25(43-16(2)33)27(44-17(3)34)28(45-18(4)35)31(42-15)48-26-24(37)23(36)22(14-41-29(38)19-8-6-5-7-9-19)47-30(26)46-21-12-10-20(11-13-21)32(39)40/h5-13,15,22-28,30-31,36-37H,14H2,1-4H3. The molecule has 2 fully saturated rings. The molecule has 0 saturated carbocycles. The van der Waals surface area contributed by atoms with Crippen LogP contribution in [0.25, 0.3) is 0 Å². The van der Waals surface area contributed by atoms with Crippen LogP contribution < -0.4 is 4.74 Å². The van der Waals surface area contributed by atoms with Crippen molar-refractivity contribution in [2.24, 2.45) is 0 Å². The topological polar surface area (TPSA) is 226 Å². The van der Waals surface area contributed by atoms with Gasteiger partial charge in [0.25, 0.3) is 5.69 Å². The molecule has 2 saturated heterocycles. The molecule has 48 heavy (non-hydrogen) atoms. The Labute approximate surface area is 273 Å². The van der Waals surface area contributed by atoms with E-state index in [1.54, 1.807) is 18.2 Å².